The van der Waals surface area contributed by atoms with Gasteiger partial charge in [0.1, 0.15) is 0 Å². The molecule has 0 aromatic heterocycles. The Morgan fingerprint density at radius 1 is 1.23 bits per heavy atom. The number of guanidine groups is 1. The lowest BCUT2D eigenvalue weighted by atomic mass is 9.92. The lowest BCUT2D eigenvalue weighted by molar-refractivity contribution is -0.128. The molecule has 5 nitrogen and oxygen atoms in total. The number of nitrogens with one attached hydrogen (secondary N) is 1. The average molecular weight is 357 g/mol. The Labute approximate surface area is 157 Å². The van der Waals surface area contributed by atoms with Gasteiger partial charge in [0.15, 0.2) is 5.96 Å². The Hall–Kier alpha value is -2.04. The van der Waals surface area contributed by atoms with Gasteiger partial charge in [-0.3, -0.25) is 9.79 Å². The summed E-state index contributed by atoms with van der Waals surface area (Å²) < 4.78 is 0. The smallest absolute Gasteiger partial charge is 0.222 e. The number of piperidine rings is 1. The van der Waals surface area contributed by atoms with Gasteiger partial charge in [0.2, 0.25) is 5.91 Å². The van der Waals surface area contributed by atoms with Gasteiger partial charge in [0.05, 0.1) is 0 Å². The maximum atomic E-state index is 11.8. The Morgan fingerprint density at radius 2 is 1.96 bits per heavy atom. The molecule has 2 saturated heterocycles. The molecule has 0 saturated carbocycles. The minimum Gasteiger partial charge on any atom is -0.352 e. The minimum atomic E-state index is 0.280. The van der Waals surface area contributed by atoms with Gasteiger partial charge in [-0.2, -0.15) is 0 Å². The third-order valence-electron chi connectivity index (χ3n) is 5.37. The van der Waals surface area contributed by atoms with Crippen molar-refractivity contribution in [1.82, 2.24) is 15.1 Å². The quantitative estimate of drug-likeness (QED) is 0.667. The van der Waals surface area contributed by atoms with E-state index in [9.17, 15) is 4.79 Å². The van der Waals surface area contributed by atoms with Crippen LogP contribution in [0.2, 0.25) is 0 Å². The topological polar surface area (TPSA) is 47.9 Å². The van der Waals surface area contributed by atoms with Crippen LogP contribution in [0, 0.1) is 11.8 Å². The van der Waals surface area contributed by atoms with Crippen molar-refractivity contribution < 1.29 is 4.79 Å². The predicted molar refractivity (Wildman–Crippen MR) is 106 cm³/mol. The van der Waals surface area contributed by atoms with Gasteiger partial charge in [-0.15, -0.1) is 0 Å². The molecule has 2 aliphatic rings. The van der Waals surface area contributed by atoms with Crippen LogP contribution in [-0.2, 0) is 17.9 Å². The summed E-state index contributed by atoms with van der Waals surface area (Å²) in [5.41, 5.74) is 2.43. The summed E-state index contributed by atoms with van der Waals surface area (Å²) in [6.07, 6.45) is 2.98. The third kappa shape index (κ3) is 4.77. The van der Waals surface area contributed by atoms with E-state index in [4.69, 9.17) is 0 Å². The van der Waals surface area contributed by atoms with E-state index in [1.165, 1.54) is 17.5 Å². The number of benzene rings is 1. The molecule has 26 heavy (non-hydrogen) atoms. The highest BCUT2D eigenvalue weighted by molar-refractivity contribution is 5.80. The summed E-state index contributed by atoms with van der Waals surface area (Å²) in [6.45, 7) is 9.15. The second-order valence-electron chi connectivity index (χ2n) is 7.99. The van der Waals surface area contributed by atoms with Crippen molar-refractivity contribution >= 4 is 11.9 Å². The van der Waals surface area contributed by atoms with E-state index in [0.29, 0.717) is 18.3 Å². The van der Waals surface area contributed by atoms with E-state index in [2.05, 4.69) is 53.3 Å². The zero-order chi connectivity index (χ0) is 18.5. The number of hydrogen-bond donors (Lipinski definition) is 1. The maximum absolute atomic E-state index is 11.8. The fourth-order valence-electron chi connectivity index (χ4n) is 4.28. The zero-order valence-corrected chi connectivity index (χ0v) is 16.4. The fraction of sp³-hybridized carbons (Fsp3) is 0.619. The van der Waals surface area contributed by atoms with Gasteiger partial charge in [-0.25, -0.2) is 0 Å². The van der Waals surface area contributed by atoms with Gasteiger partial charge in [-0.05, 0) is 35.8 Å². The van der Waals surface area contributed by atoms with Crippen LogP contribution in [0.5, 0.6) is 0 Å². The van der Waals surface area contributed by atoms with Crippen molar-refractivity contribution in [2.45, 2.75) is 46.2 Å². The molecular formula is C21H32N4O. The number of hydrogen-bond acceptors (Lipinski definition) is 2. The van der Waals surface area contributed by atoms with Crippen LogP contribution in [0.3, 0.4) is 0 Å². The van der Waals surface area contributed by atoms with Crippen LogP contribution >= 0.6 is 0 Å². The molecule has 0 radical (unpaired) electrons. The van der Waals surface area contributed by atoms with Crippen molar-refractivity contribution in [3.05, 3.63) is 35.4 Å². The van der Waals surface area contributed by atoms with Crippen molar-refractivity contribution in [2.24, 2.45) is 16.8 Å². The molecule has 0 aliphatic carbocycles. The molecule has 142 valence electrons. The van der Waals surface area contributed by atoms with Gasteiger partial charge in [0.25, 0.3) is 0 Å². The molecule has 2 atom stereocenters. The summed E-state index contributed by atoms with van der Waals surface area (Å²) >= 11 is 0. The minimum absolute atomic E-state index is 0.280. The first-order chi connectivity index (χ1) is 12.5. The highest BCUT2D eigenvalue weighted by Gasteiger charge is 2.24. The van der Waals surface area contributed by atoms with E-state index in [-0.39, 0.29) is 5.91 Å². The van der Waals surface area contributed by atoms with E-state index >= 15 is 0 Å². The highest BCUT2D eigenvalue weighted by Crippen LogP contribution is 2.21. The Morgan fingerprint density at radius 3 is 2.62 bits per heavy atom. The molecule has 5 heteroatoms. The molecule has 0 spiro atoms. The third-order valence-corrected chi connectivity index (χ3v) is 5.37. The second-order valence-corrected chi connectivity index (χ2v) is 7.99. The van der Waals surface area contributed by atoms with E-state index in [1.54, 1.807) is 0 Å². The normalized spacial score (nSPS) is 24.3. The van der Waals surface area contributed by atoms with Crippen LogP contribution in [0.25, 0.3) is 0 Å². The fourth-order valence-corrected chi connectivity index (χ4v) is 4.28. The standard InChI is InChI=1S/C21H32N4O/c1-16-10-17(2)14-25(13-16)21(22-3)23-12-18-6-4-7-19(11-18)15-24-9-5-8-20(24)26/h4,6-7,11,16-17H,5,8-10,12-15H2,1-3H3,(H,22,23). The molecule has 1 N–H and O–H groups in total. The Balaban J connectivity index is 1.58. The summed E-state index contributed by atoms with van der Waals surface area (Å²) in [6, 6.07) is 8.53. The van der Waals surface area contributed by atoms with Crippen LogP contribution < -0.4 is 5.32 Å². The molecule has 2 fully saturated rings. The lowest BCUT2D eigenvalue weighted by Gasteiger charge is -2.37. The molecule has 0 bridgehead atoms. The second kappa shape index (κ2) is 8.56. The predicted octanol–water partition coefficient (Wildman–Crippen LogP) is 2.86. The van der Waals surface area contributed by atoms with Crippen molar-refractivity contribution in [2.75, 3.05) is 26.7 Å². The van der Waals surface area contributed by atoms with Crippen LogP contribution in [0.15, 0.2) is 29.3 Å². The zero-order valence-electron chi connectivity index (χ0n) is 16.4. The molecule has 3 rings (SSSR count). The van der Waals surface area contributed by atoms with E-state index < -0.39 is 0 Å². The van der Waals surface area contributed by atoms with Crippen molar-refractivity contribution in [1.29, 1.82) is 0 Å². The summed E-state index contributed by atoms with van der Waals surface area (Å²) in [5, 5.41) is 3.52. The molecule has 1 aromatic carbocycles. The molecule has 1 amide bonds. The van der Waals surface area contributed by atoms with Crippen molar-refractivity contribution in [3.8, 4) is 0 Å². The molecular weight excluding hydrogens is 324 g/mol. The molecule has 2 heterocycles. The van der Waals surface area contributed by atoms with Crippen LogP contribution in [0.1, 0.15) is 44.2 Å². The van der Waals surface area contributed by atoms with E-state index in [0.717, 1.165) is 45.1 Å². The molecule has 2 aliphatic heterocycles. The first-order valence-corrected chi connectivity index (χ1v) is 9.86. The molecule has 2 unspecified atom stereocenters. The van der Waals surface area contributed by atoms with Gasteiger partial charge >= 0.3 is 0 Å². The monoisotopic (exact) mass is 356 g/mol. The van der Waals surface area contributed by atoms with Gasteiger partial charge in [0, 0.05) is 46.2 Å². The summed E-state index contributed by atoms with van der Waals surface area (Å²) in [7, 11) is 1.86. The number of carbonyl (C=O) groups excluding carboxylic acids is 1. The van der Waals surface area contributed by atoms with Gasteiger partial charge in [-0.1, -0.05) is 38.1 Å². The summed E-state index contributed by atoms with van der Waals surface area (Å²) in [5.74, 6) is 2.68. The Kier molecular flexibility index (Phi) is 6.17. The maximum Gasteiger partial charge on any atom is 0.222 e. The van der Waals surface area contributed by atoms with Gasteiger partial charge < -0.3 is 15.1 Å². The average Bonchev–Trinajstić information content (AvgIpc) is 3.00. The first kappa shape index (κ1) is 18.7. The molecule has 1 aromatic rings. The number of aliphatic imine (C=N–C) groups is 1. The number of nitrogens with zero attached hydrogens (tertiary/aromatic N) is 3. The SMILES string of the molecule is CN=C(NCc1cccc(CN2CCCC2=O)c1)N1CC(C)CC(C)C1. The van der Waals surface area contributed by atoms with E-state index in [1.807, 2.05) is 11.9 Å². The van der Waals surface area contributed by atoms with Crippen LogP contribution in [-0.4, -0.2) is 48.3 Å². The number of carbonyl (C=O) groups is 1. The number of amides is 1. The lowest BCUT2D eigenvalue weighted by Crippen LogP contribution is -2.48. The first-order valence-electron chi connectivity index (χ1n) is 9.86. The Bertz CT molecular complexity index is 647. The highest BCUT2D eigenvalue weighted by atomic mass is 16.2. The van der Waals surface area contributed by atoms with Crippen LogP contribution in [0.4, 0.5) is 0 Å². The number of rotatable bonds is 4. The van der Waals surface area contributed by atoms with Crippen molar-refractivity contribution in [3.63, 3.8) is 0 Å². The summed E-state index contributed by atoms with van der Waals surface area (Å²) in [4.78, 5) is 20.7. The largest absolute Gasteiger partial charge is 0.352 e. The number of likely N-dealkylation sites (tertiary alicyclic amines) is 2.